The molecule has 1 aromatic carbocycles. The Kier molecular flexibility index (Phi) is 5.88. The summed E-state index contributed by atoms with van der Waals surface area (Å²) in [5.41, 5.74) is 2.45. The van der Waals surface area contributed by atoms with E-state index in [1.54, 1.807) is 12.4 Å². The molecule has 138 valence electrons. The summed E-state index contributed by atoms with van der Waals surface area (Å²) < 4.78 is 0. The molecule has 1 N–H and O–H groups in total. The maximum Gasteiger partial charge on any atom is 0.225 e. The van der Waals surface area contributed by atoms with Gasteiger partial charge in [-0.15, -0.1) is 0 Å². The minimum Gasteiger partial charge on any atom is -0.378 e. The molecule has 1 fully saturated rings. The molecule has 0 bridgehead atoms. The van der Waals surface area contributed by atoms with Crippen LogP contribution in [0.2, 0.25) is 0 Å². The molecule has 1 saturated heterocycles. The van der Waals surface area contributed by atoms with Crippen molar-refractivity contribution >= 4 is 17.6 Å². The molecule has 1 aliphatic rings. The average Bonchev–Trinajstić information content (AvgIpc) is 2.70. The first-order valence-corrected chi connectivity index (χ1v) is 8.91. The molecule has 0 radical (unpaired) electrons. The maximum absolute atomic E-state index is 4.45. The van der Waals surface area contributed by atoms with Gasteiger partial charge in [-0.2, -0.15) is 0 Å². The number of rotatable bonds is 4. The highest BCUT2D eigenvalue weighted by Crippen LogP contribution is 2.14. The van der Waals surface area contributed by atoms with E-state index >= 15 is 0 Å². The number of guanidine groups is 1. The van der Waals surface area contributed by atoms with E-state index in [0.717, 1.165) is 44.6 Å². The lowest BCUT2D eigenvalue weighted by atomic mass is 10.2. The number of aromatic nitrogens is 2. The molecule has 0 saturated carbocycles. The second-order valence-electron chi connectivity index (χ2n) is 6.49. The molecule has 0 aliphatic carbocycles. The van der Waals surface area contributed by atoms with Crippen molar-refractivity contribution in [2.75, 3.05) is 57.1 Å². The molecule has 0 amide bonds. The minimum atomic E-state index is 0.760. The van der Waals surface area contributed by atoms with E-state index in [-0.39, 0.29) is 0 Å². The van der Waals surface area contributed by atoms with Crippen molar-refractivity contribution in [1.29, 1.82) is 0 Å². The summed E-state index contributed by atoms with van der Waals surface area (Å²) in [6.45, 7) is 4.34. The van der Waals surface area contributed by atoms with Crippen LogP contribution in [0.25, 0.3) is 0 Å². The van der Waals surface area contributed by atoms with Crippen LogP contribution in [-0.2, 0) is 6.54 Å². The van der Waals surface area contributed by atoms with Crippen molar-refractivity contribution in [3.05, 3.63) is 48.3 Å². The molecule has 2 aromatic rings. The molecular weight excluding hydrogens is 326 g/mol. The van der Waals surface area contributed by atoms with E-state index in [1.165, 1.54) is 11.3 Å². The first kappa shape index (κ1) is 18.0. The van der Waals surface area contributed by atoms with Crippen LogP contribution >= 0.6 is 0 Å². The predicted octanol–water partition coefficient (Wildman–Crippen LogP) is 1.44. The Bertz CT molecular complexity index is 722. The van der Waals surface area contributed by atoms with Crippen LogP contribution in [0.1, 0.15) is 5.56 Å². The molecule has 26 heavy (non-hydrogen) atoms. The number of benzene rings is 1. The lowest BCUT2D eigenvalue weighted by molar-refractivity contribution is 0.370. The first-order valence-electron chi connectivity index (χ1n) is 8.91. The topological polar surface area (TPSA) is 59.9 Å². The second kappa shape index (κ2) is 8.51. The summed E-state index contributed by atoms with van der Waals surface area (Å²) in [6.07, 6.45) is 3.58. The van der Waals surface area contributed by atoms with Crippen molar-refractivity contribution in [2.24, 2.45) is 4.99 Å². The van der Waals surface area contributed by atoms with Gasteiger partial charge in [-0.1, -0.05) is 12.1 Å². The van der Waals surface area contributed by atoms with Gasteiger partial charge in [-0.25, -0.2) is 9.97 Å². The summed E-state index contributed by atoms with van der Waals surface area (Å²) >= 11 is 0. The first-order chi connectivity index (χ1) is 12.7. The third kappa shape index (κ3) is 4.41. The van der Waals surface area contributed by atoms with Crippen LogP contribution in [0.4, 0.5) is 11.6 Å². The highest BCUT2D eigenvalue weighted by molar-refractivity contribution is 5.80. The fourth-order valence-electron chi connectivity index (χ4n) is 3.03. The van der Waals surface area contributed by atoms with Gasteiger partial charge in [-0.3, -0.25) is 4.99 Å². The Balaban J connectivity index is 1.55. The molecule has 0 spiro atoms. The molecule has 2 heterocycles. The van der Waals surface area contributed by atoms with E-state index in [9.17, 15) is 0 Å². The van der Waals surface area contributed by atoms with Gasteiger partial charge < -0.3 is 20.0 Å². The van der Waals surface area contributed by atoms with Gasteiger partial charge in [-0.05, 0) is 23.8 Å². The van der Waals surface area contributed by atoms with Crippen LogP contribution in [0.15, 0.2) is 47.7 Å². The molecule has 3 rings (SSSR count). The fraction of sp³-hybridized carbons (Fsp3) is 0.421. The Morgan fingerprint density at radius 3 is 2.50 bits per heavy atom. The number of aliphatic imine (C=N–C) groups is 1. The van der Waals surface area contributed by atoms with Crippen LogP contribution in [0, 0.1) is 0 Å². The van der Waals surface area contributed by atoms with E-state index in [2.05, 4.69) is 73.3 Å². The zero-order chi connectivity index (χ0) is 18.4. The lowest BCUT2D eigenvalue weighted by Gasteiger charge is -2.36. The molecular formula is C19H27N7. The predicted molar refractivity (Wildman–Crippen MR) is 107 cm³/mol. The van der Waals surface area contributed by atoms with Gasteiger partial charge in [0.05, 0.1) is 0 Å². The summed E-state index contributed by atoms with van der Waals surface area (Å²) in [5.74, 6) is 1.74. The Labute approximate surface area is 155 Å². The Morgan fingerprint density at radius 1 is 1.12 bits per heavy atom. The maximum atomic E-state index is 4.45. The van der Waals surface area contributed by atoms with Gasteiger partial charge >= 0.3 is 0 Å². The quantitative estimate of drug-likeness (QED) is 0.663. The van der Waals surface area contributed by atoms with E-state index in [4.69, 9.17) is 0 Å². The number of hydrogen-bond acceptors (Lipinski definition) is 5. The van der Waals surface area contributed by atoms with Crippen molar-refractivity contribution in [1.82, 2.24) is 20.2 Å². The smallest absolute Gasteiger partial charge is 0.225 e. The standard InChI is InChI=1S/C19H27N7/c1-20-18(23-15-16-6-4-7-17(14-16)24(2)3)25-10-12-26(13-11-25)19-21-8-5-9-22-19/h4-9,14H,10-13,15H2,1-3H3,(H,20,23). The van der Waals surface area contributed by atoms with Crippen LogP contribution in [0.3, 0.4) is 0 Å². The third-order valence-electron chi connectivity index (χ3n) is 4.50. The average molecular weight is 353 g/mol. The lowest BCUT2D eigenvalue weighted by Crippen LogP contribution is -2.52. The molecule has 1 aromatic heterocycles. The van der Waals surface area contributed by atoms with Crippen LogP contribution in [-0.4, -0.2) is 68.1 Å². The van der Waals surface area contributed by atoms with Gasteiger partial charge in [0.2, 0.25) is 5.95 Å². The van der Waals surface area contributed by atoms with Gasteiger partial charge in [0.25, 0.3) is 0 Å². The Morgan fingerprint density at radius 2 is 1.85 bits per heavy atom. The molecule has 0 atom stereocenters. The largest absolute Gasteiger partial charge is 0.378 e. The number of nitrogens with zero attached hydrogens (tertiary/aromatic N) is 6. The SMILES string of the molecule is CN=C(NCc1cccc(N(C)C)c1)N1CCN(c2ncccn2)CC1. The minimum absolute atomic E-state index is 0.760. The highest BCUT2D eigenvalue weighted by atomic mass is 15.4. The van der Waals surface area contributed by atoms with Crippen LogP contribution < -0.4 is 15.1 Å². The van der Waals surface area contributed by atoms with Gasteiger partial charge in [0.1, 0.15) is 0 Å². The molecule has 7 nitrogen and oxygen atoms in total. The summed E-state index contributed by atoms with van der Waals surface area (Å²) in [7, 11) is 5.95. The fourth-order valence-corrected chi connectivity index (χ4v) is 3.03. The molecule has 0 unspecified atom stereocenters. The normalized spacial score (nSPS) is 15.1. The van der Waals surface area contributed by atoms with Crippen molar-refractivity contribution in [3.63, 3.8) is 0 Å². The van der Waals surface area contributed by atoms with E-state index in [1.807, 2.05) is 13.1 Å². The summed E-state index contributed by atoms with van der Waals surface area (Å²) in [5, 5.41) is 3.48. The second-order valence-corrected chi connectivity index (χ2v) is 6.49. The summed E-state index contributed by atoms with van der Waals surface area (Å²) in [4.78, 5) is 19.7. The van der Waals surface area contributed by atoms with Gasteiger partial charge in [0.15, 0.2) is 5.96 Å². The highest BCUT2D eigenvalue weighted by Gasteiger charge is 2.20. The van der Waals surface area contributed by atoms with Crippen LogP contribution in [0.5, 0.6) is 0 Å². The molecule has 1 aliphatic heterocycles. The molecule has 7 heteroatoms. The number of nitrogens with one attached hydrogen (secondary N) is 1. The van der Waals surface area contributed by atoms with Crippen molar-refractivity contribution < 1.29 is 0 Å². The number of hydrogen-bond donors (Lipinski definition) is 1. The van der Waals surface area contributed by atoms with E-state index in [0.29, 0.717) is 0 Å². The zero-order valence-corrected chi connectivity index (χ0v) is 15.8. The van der Waals surface area contributed by atoms with Crippen molar-refractivity contribution in [3.8, 4) is 0 Å². The summed E-state index contributed by atoms with van der Waals surface area (Å²) in [6, 6.07) is 10.4. The van der Waals surface area contributed by atoms with E-state index < -0.39 is 0 Å². The zero-order valence-electron chi connectivity index (χ0n) is 15.8. The monoisotopic (exact) mass is 353 g/mol. The van der Waals surface area contributed by atoms with Crippen molar-refractivity contribution in [2.45, 2.75) is 6.54 Å². The number of piperazine rings is 1. The number of anilines is 2. The third-order valence-corrected chi connectivity index (χ3v) is 4.50. The Hall–Kier alpha value is -2.83. The van der Waals surface area contributed by atoms with Gasteiger partial charge in [0, 0.05) is 71.9 Å².